The molecule has 210 valence electrons. The van der Waals surface area contributed by atoms with Crippen LogP contribution in [0.1, 0.15) is 49.4 Å². The number of amides is 1. The van der Waals surface area contributed by atoms with Crippen LogP contribution >= 0.6 is 11.6 Å². The fraction of sp³-hybridized carbons (Fsp3) is 0.241. The molecule has 1 aromatic heterocycles. The van der Waals surface area contributed by atoms with Gasteiger partial charge in [-0.15, -0.1) is 0 Å². The highest BCUT2D eigenvalue weighted by molar-refractivity contribution is 6.31. The minimum atomic E-state index is -0.694. The Balaban J connectivity index is 1.51. The largest absolute Gasteiger partial charge is 0.476 e. The molecule has 0 saturated heterocycles. The van der Waals surface area contributed by atoms with Crippen LogP contribution in [0, 0.1) is 15.9 Å². The summed E-state index contributed by atoms with van der Waals surface area (Å²) >= 11 is 6.18. The molecular formula is C29H25ClFN5O5. The summed E-state index contributed by atoms with van der Waals surface area (Å²) in [6.45, 7) is -0.620. The highest BCUT2D eigenvalue weighted by Gasteiger charge is 2.24. The first-order chi connectivity index (χ1) is 19.8. The van der Waals surface area contributed by atoms with Crippen LogP contribution < -0.4 is 15.6 Å². The number of rotatable bonds is 8. The number of fused-ring (bicyclic) bond motifs is 1. The van der Waals surface area contributed by atoms with Crippen LogP contribution in [0.4, 0.5) is 15.8 Å². The van der Waals surface area contributed by atoms with Crippen molar-refractivity contribution in [3.8, 4) is 5.75 Å². The standard InChI is InChI=1S/C29H25ClFN5O5/c30-20-13-19(27(25(14-20)36(39)40)41-17-26(37)33-22-10-6-9-21(31)15-22)16-32-35-28(18-7-2-1-3-8-18)34-24-12-5-4-11-23(24)29(35)38/h4-6,9-16,18H,1-3,7-8,17H2,(H,33,37). The molecule has 4 aromatic rings. The zero-order chi connectivity index (χ0) is 28.9. The van der Waals surface area contributed by atoms with Crippen LogP contribution in [-0.2, 0) is 4.79 Å². The first-order valence-corrected chi connectivity index (χ1v) is 13.4. The smallest absolute Gasteiger partial charge is 0.313 e. The molecule has 1 N–H and O–H groups in total. The van der Waals surface area contributed by atoms with Gasteiger partial charge in [0.15, 0.2) is 6.61 Å². The van der Waals surface area contributed by atoms with E-state index in [1.54, 1.807) is 18.2 Å². The first kappa shape index (κ1) is 27.9. The number of hydrogen-bond acceptors (Lipinski definition) is 7. The number of ether oxygens (including phenoxy) is 1. The van der Waals surface area contributed by atoms with E-state index in [0.717, 1.165) is 44.2 Å². The lowest BCUT2D eigenvalue weighted by Gasteiger charge is -2.22. The lowest BCUT2D eigenvalue weighted by molar-refractivity contribution is -0.385. The van der Waals surface area contributed by atoms with E-state index in [4.69, 9.17) is 21.3 Å². The van der Waals surface area contributed by atoms with Crippen LogP contribution in [0.15, 0.2) is 70.6 Å². The molecule has 1 aliphatic rings. The zero-order valence-corrected chi connectivity index (χ0v) is 22.5. The van der Waals surface area contributed by atoms with E-state index in [0.29, 0.717) is 16.7 Å². The summed E-state index contributed by atoms with van der Waals surface area (Å²) in [5.41, 5.74) is -0.0204. The fourth-order valence-electron chi connectivity index (χ4n) is 4.89. The van der Waals surface area contributed by atoms with Gasteiger partial charge >= 0.3 is 5.69 Å². The fourth-order valence-corrected chi connectivity index (χ4v) is 5.11. The van der Waals surface area contributed by atoms with Crippen LogP contribution in [0.3, 0.4) is 0 Å². The lowest BCUT2D eigenvalue weighted by Crippen LogP contribution is -2.25. The van der Waals surface area contributed by atoms with Crippen molar-refractivity contribution in [1.29, 1.82) is 0 Å². The van der Waals surface area contributed by atoms with E-state index >= 15 is 0 Å². The van der Waals surface area contributed by atoms with E-state index in [-0.39, 0.29) is 33.5 Å². The van der Waals surface area contributed by atoms with Crippen molar-refractivity contribution in [1.82, 2.24) is 9.66 Å². The SMILES string of the molecule is O=C(COc1c(C=Nn2c(C3CCCCC3)nc3ccccc3c2=O)cc(Cl)cc1[N+](=O)[O-])Nc1cccc(F)c1. The second-order valence-electron chi connectivity index (χ2n) is 9.63. The number of nitro benzene ring substituents is 1. The van der Waals surface area contributed by atoms with E-state index in [1.165, 1.54) is 35.2 Å². The molecular weight excluding hydrogens is 553 g/mol. The predicted octanol–water partition coefficient (Wildman–Crippen LogP) is 6.04. The number of carbonyl (C=O) groups is 1. The van der Waals surface area contributed by atoms with Crippen LogP contribution in [0.5, 0.6) is 5.75 Å². The summed E-state index contributed by atoms with van der Waals surface area (Å²) in [7, 11) is 0. The van der Waals surface area contributed by atoms with Crippen molar-refractivity contribution in [3.63, 3.8) is 0 Å². The maximum Gasteiger partial charge on any atom is 0.313 e. The number of aromatic nitrogens is 2. The lowest BCUT2D eigenvalue weighted by atomic mass is 9.88. The summed E-state index contributed by atoms with van der Waals surface area (Å²) < 4.78 is 20.3. The molecule has 0 unspecified atom stereocenters. The summed E-state index contributed by atoms with van der Waals surface area (Å²) in [4.78, 5) is 41.9. The zero-order valence-electron chi connectivity index (χ0n) is 21.8. The van der Waals surface area contributed by atoms with Crippen molar-refractivity contribution >= 4 is 46.0 Å². The Morgan fingerprint density at radius 3 is 2.71 bits per heavy atom. The average Bonchev–Trinajstić information content (AvgIpc) is 2.96. The molecule has 1 aliphatic carbocycles. The van der Waals surface area contributed by atoms with Crippen molar-refractivity contribution in [2.24, 2.45) is 5.10 Å². The number of benzene rings is 3. The molecule has 1 amide bonds. The average molecular weight is 578 g/mol. The van der Waals surface area contributed by atoms with Gasteiger partial charge < -0.3 is 10.1 Å². The summed E-state index contributed by atoms with van der Waals surface area (Å²) in [5.74, 6) is -0.940. The Hall–Kier alpha value is -4.64. The van der Waals surface area contributed by atoms with Crippen LogP contribution in [0.2, 0.25) is 5.02 Å². The van der Waals surface area contributed by atoms with Gasteiger partial charge in [-0.05, 0) is 49.2 Å². The number of halogens is 2. The van der Waals surface area contributed by atoms with Gasteiger partial charge in [-0.2, -0.15) is 9.78 Å². The van der Waals surface area contributed by atoms with Gasteiger partial charge in [-0.25, -0.2) is 9.37 Å². The number of hydrogen-bond donors (Lipinski definition) is 1. The van der Waals surface area contributed by atoms with Gasteiger partial charge in [0.2, 0.25) is 5.75 Å². The van der Waals surface area contributed by atoms with Gasteiger partial charge in [0.1, 0.15) is 11.6 Å². The Kier molecular flexibility index (Phi) is 8.34. The topological polar surface area (TPSA) is 129 Å². The molecule has 3 aromatic carbocycles. The minimum Gasteiger partial charge on any atom is -0.476 e. The second kappa shape index (κ2) is 12.3. The molecule has 0 aliphatic heterocycles. The summed E-state index contributed by atoms with van der Waals surface area (Å²) in [6.07, 6.45) is 6.08. The van der Waals surface area contributed by atoms with Crippen molar-refractivity contribution < 1.29 is 18.8 Å². The molecule has 0 atom stereocenters. The highest BCUT2D eigenvalue weighted by Crippen LogP contribution is 2.35. The Morgan fingerprint density at radius 2 is 1.95 bits per heavy atom. The number of nitro groups is 1. The van der Waals surface area contributed by atoms with E-state index in [1.807, 2.05) is 6.07 Å². The van der Waals surface area contributed by atoms with Gasteiger partial charge in [-0.1, -0.05) is 49.1 Å². The van der Waals surface area contributed by atoms with Crippen molar-refractivity contribution in [3.05, 3.63) is 103 Å². The highest BCUT2D eigenvalue weighted by atomic mass is 35.5. The van der Waals surface area contributed by atoms with E-state index < -0.39 is 28.9 Å². The molecule has 0 bridgehead atoms. The van der Waals surface area contributed by atoms with Gasteiger partial charge in [-0.3, -0.25) is 19.7 Å². The Morgan fingerprint density at radius 1 is 1.17 bits per heavy atom. The molecule has 1 saturated carbocycles. The van der Waals surface area contributed by atoms with E-state index in [9.17, 15) is 24.1 Å². The Labute approximate surface area is 238 Å². The number of anilines is 1. The third-order valence-electron chi connectivity index (χ3n) is 6.78. The summed E-state index contributed by atoms with van der Waals surface area (Å²) in [5, 5.41) is 19.2. The molecule has 12 heteroatoms. The third kappa shape index (κ3) is 6.41. The first-order valence-electron chi connectivity index (χ1n) is 13.0. The number of para-hydroxylation sites is 1. The monoisotopic (exact) mass is 577 g/mol. The molecule has 41 heavy (non-hydrogen) atoms. The summed E-state index contributed by atoms with van der Waals surface area (Å²) in [6, 6.07) is 14.7. The number of nitrogens with one attached hydrogen (secondary N) is 1. The normalized spacial score (nSPS) is 13.9. The molecule has 5 rings (SSSR count). The van der Waals surface area contributed by atoms with Gasteiger partial charge in [0.25, 0.3) is 11.5 Å². The molecule has 0 radical (unpaired) electrons. The second-order valence-corrected chi connectivity index (χ2v) is 10.1. The molecule has 10 nitrogen and oxygen atoms in total. The minimum absolute atomic E-state index is 0.0224. The van der Waals surface area contributed by atoms with Crippen LogP contribution in [0.25, 0.3) is 10.9 Å². The quantitative estimate of drug-likeness (QED) is 0.154. The molecule has 1 fully saturated rings. The molecule has 0 spiro atoms. The number of nitrogens with zero attached hydrogens (tertiary/aromatic N) is 4. The Bertz CT molecular complexity index is 1720. The van der Waals surface area contributed by atoms with E-state index in [2.05, 4.69) is 10.4 Å². The molecule has 1 heterocycles. The van der Waals surface area contributed by atoms with Crippen molar-refractivity contribution in [2.75, 3.05) is 11.9 Å². The predicted molar refractivity (Wildman–Crippen MR) is 153 cm³/mol. The van der Waals surface area contributed by atoms with Gasteiger partial charge in [0.05, 0.1) is 22.0 Å². The maximum atomic E-state index is 13.5. The van der Waals surface area contributed by atoms with Crippen molar-refractivity contribution in [2.45, 2.75) is 38.0 Å². The maximum absolute atomic E-state index is 13.5. The third-order valence-corrected chi connectivity index (χ3v) is 7.00. The number of carbonyl (C=O) groups excluding carboxylic acids is 1. The van der Waals surface area contributed by atoms with Crippen LogP contribution in [-0.4, -0.2) is 33.3 Å². The van der Waals surface area contributed by atoms with Gasteiger partial charge in [0, 0.05) is 28.3 Å².